The lowest BCUT2D eigenvalue weighted by Gasteiger charge is -2.10. The predicted molar refractivity (Wildman–Crippen MR) is 78.7 cm³/mol. The van der Waals surface area contributed by atoms with Crippen molar-refractivity contribution in [1.82, 2.24) is 9.78 Å². The van der Waals surface area contributed by atoms with Gasteiger partial charge in [0, 0.05) is 24.4 Å². The van der Waals surface area contributed by atoms with Gasteiger partial charge in [0.2, 0.25) is 0 Å². The molecule has 1 aliphatic rings. The van der Waals surface area contributed by atoms with Gasteiger partial charge in [-0.05, 0) is 38.5 Å². The Hall–Kier alpha value is -0.540. The van der Waals surface area contributed by atoms with E-state index >= 15 is 0 Å². The minimum atomic E-state index is 0.485. The first-order valence-corrected chi connectivity index (χ1v) is 8.08. The molecule has 0 aromatic carbocycles. The molecule has 1 unspecified atom stereocenters. The van der Waals surface area contributed by atoms with Crippen molar-refractivity contribution in [3.05, 3.63) is 17.0 Å². The molecule has 1 aromatic rings. The molecule has 0 saturated carbocycles. The Kier molecular flexibility index (Phi) is 5.71. The summed E-state index contributed by atoms with van der Waals surface area (Å²) in [5.74, 6) is 0.581. The van der Waals surface area contributed by atoms with E-state index in [-0.39, 0.29) is 0 Å². The second-order valence-corrected chi connectivity index (χ2v) is 5.48. The summed E-state index contributed by atoms with van der Waals surface area (Å²) in [6.45, 7) is 6.27. The Balaban J connectivity index is 1.96. The summed E-state index contributed by atoms with van der Waals surface area (Å²) >= 11 is 6.07. The molecule has 0 bridgehead atoms. The molecule has 1 atom stereocenters. The molecule has 108 valence electrons. The van der Waals surface area contributed by atoms with Gasteiger partial charge in [0.25, 0.3) is 0 Å². The fraction of sp³-hybridized carbons (Fsp3) is 0.800. The van der Waals surface area contributed by atoms with Crippen molar-refractivity contribution in [2.24, 2.45) is 0 Å². The SMILES string of the molecule is CCc1nn(CCCC2CCCO2)c(CC)c1CCl. The number of rotatable bonds is 7. The monoisotopic (exact) mass is 284 g/mol. The fourth-order valence-corrected chi connectivity index (χ4v) is 3.26. The molecule has 19 heavy (non-hydrogen) atoms. The lowest BCUT2D eigenvalue weighted by atomic mass is 10.1. The number of nitrogens with zero attached hydrogens (tertiary/aromatic N) is 2. The van der Waals surface area contributed by atoms with Crippen LogP contribution in [-0.4, -0.2) is 22.5 Å². The molecule has 1 aromatic heterocycles. The average molecular weight is 285 g/mol. The van der Waals surface area contributed by atoms with E-state index in [2.05, 4.69) is 18.5 Å². The molecule has 2 heterocycles. The van der Waals surface area contributed by atoms with Crippen LogP contribution in [0.25, 0.3) is 0 Å². The summed E-state index contributed by atoms with van der Waals surface area (Å²) in [5.41, 5.74) is 3.74. The molecule has 1 aliphatic heterocycles. The maximum atomic E-state index is 6.07. The molecule has 1 saturated heterocycles. The van der Waals surface area contributed by atoms with Gasteiger partial charge in [0.15, 0.2) is 0 Å². The van der Waals surface area contributed by atoms with Crippen molar-refractivity contribution in [1.29, 1.82) is 0 Å². The third-order valence-electron chi connectivity index (χ3n) is 3.97. The van der Waals surface area contributed by atoms with Crippen LogP contribution < -0.4 is 0 Å². The van der Waals surface area contributed by atoms with Crippen LogP contribution in [0.15, 0.2) is 0 Å². The highest BCUT2D eigenvalue weighted by atomic mass is 35.5. The molecule has 4 heteroatoms. The highest BCUT2D eigenvalue weighted by Crippen LogP contribution is 2.21. The first-order chi connectivity index (χ1) is 9.30. The third kappa shape index (κ3) is 3.51. The molecule has 0 spiro atoms. The van der Waals surface area contributed by atoms with Gasteiger partial charge in [-0.3, -0.25) is 4.68 Å². The van der Waals surface area contributed by atoms with Crippen LogP contribution in [0.4, 0.5) is 0 Å². The molecule has 3 nitrogen and oxygen atoms in total. The van der Waals surface area contributed by atoms with Crippen LogP contribution in [0.2, 0.25) is 0 Å². The van der Waals surface area contributed by atoms with Crippen LogP contribution in [0, 0.1) is 0 Å². The number of ether oxygens (including phenoxy) is 1. The minimum Gasteiger partial charge on any atom is -0.378 e. The molecule has 2 rings (SSSR count). The Bertz CT molecular complexity index is 397. The van der Waals surface area contributed by atoms with Crippen molar-refractivity contribution in [2.75, 3.05) is 6.61 Å². The smallest absolute Gasteiger partial charge is 0.0668 e. The van der Waals surface area contributed by atoms with Crippen LogP contribution in [-0.2, 0) is 30.0 Å². The first-order valence-electron chi connectivity index (χ1n) is 7.55. The van der Waals surface area contributed by atoms with Gasteiger partial charge in [-0.25, -0.2) is 0 Å². The summed E-state index contributed by atoms with van der Waals surface area (Å²) < 4.78 is 7.84. The van der Waals surface area contributed by atoms with Gasteiger partial charge in [-0.1, -0.05) is 13.8 Å². The van der Waals surface area contributed by atoms with E-state index in [1.165, 1.54) is 29.8 Å². The number of alkyl halides is 1. The quantitative estimate of drug-likeness (QED) is 0.714. The summed E-state index contributed by atoms with van der Waals surface area (Å²) in [5, 5.41) is 4.73. The minimum absolute atomic E-state index is 0.485. The van der Waals surface area contributed by atoms with Gasteiger partial charge in [0.05, 0.1) is 17.7 Å². The van der Waals surface area contributed by atoms with Crippen LogP contribution in [0.1, 0.15) is 56.5 Å². The van der Waals surface area contributed by atoms with Gasteiger partial charge < -0.3 is 4.74 Å². The zero-order valence-electron chi connectivity index (χ0n) is 12.1. The van der Waals surface area contributed by atoms with Crippen molar-refractivity contribution in [3.63, 3.8) is 0 Å². The van der Waals surface area contributed by atoms with Gasteiger partial charge in [-0.2, -0.15) is 5.10 Å². The molecular formula is C15H25ClN2O. The molecule has 1 fully saturated rings. The summed E-state index contributed by atoms with van der Waals surface area (Å²) in [6, 6.07) is 0. The lowest BCUT2D eigenvalue weighted by molar-refractivity contribution is 0.101. The summed E-state index contributed by atoms with van der Waals surface area (Å²) in [7, 11) is 0. The maximum Gasteiger partial charge on any atom is 0.0668 e. The Morgan fingerprint density at radius 3 is 2.79 bits per heavy atom. The van der Waals surface area contributed by atoms with Crippen LogP contribution >= 0.6 is 11.6 Å². The summed E-state index contributed by atoms with van der Waals surface area (Å²) in [6.07, 6.45) is 7.21. The van der Waals surface area contributed by atoms with Crippen LogP contribution in [0.3, 0.4) is 0 Å². The number of halogens is 1. The van der Waals surface area contributed by atoms with Gasteiger partial charge in [0.1, 0.15) is 0 Å². The van der Waals surface area contributed by atoms with Gasteiger partial charge in [-0.15, -0.1) is 11.6 Å². The normalized spacial score (nSPS) is 19.2. The summed E-state index contributed by atoms with van der Waals surface area (Å²) in [4.78, 5) is 0. The van der Waals surface area contributed by atoms with Crippen molar-refractivity contribution < 1.29 is 4.74 Å². The van der Waals surface area contributed by atoms with E-state index in [9.17, 15) is 0 Å². The Morgan fingerprint density at radius 2 is 2.21 bits per heavy atom. The number of aromatic nitrogens is 2. The lowest BCUT2D eigenvalue weighted by Crippen LogP contribution is -2.10. The molecule has 0 N–H and O–H groups in total. The third-order valence-corrected chi connectivity index (χ3v) is 4.24. The Labute approximate surface area is 121 Å². The first kappa shape index (κ1) is 14.9. The van der Waals surface area contributed by atoms with E-state index in [0.717, 1.165) is 38.8 Å². The zero-order valence-corrected chi connectivity index (χ0v) is 12.9. The second-order valence-electron chi connectivity index (χ2n) is 5.21. The molecule has 0 radical (unpaired) electrons. The van der Waals surface area contributed by atoms with E-state index in [0.29, 0.717) is 12.0 Å². The number of hydrogen-bond donors (Lipinski definition) is 0. The molecule has 0 aliphatic carbocycles. The second kappa shape index (κ2) is 7.30. The standard InChI is InChI=1S/C15H25ClN2O/c1-3-14-13(11-16)15(4-2)18(17-14)9-5-7-12-8-6-10-19-12/h12H,3-11H2,1-2H3. The number of aryl methyl sites for hydroxylation is 2. The largest absolute Gasteiger partial charge is 0.378 e. The zero-order chi connectivity index (χ0) is 13.7. The van der Waals surface area contributed by atoms with Crippen molar-refractivity contribution in [3.8, 4) is 0 Å². The molecular weight excluding hydrogens is 260 g/mol. The fourth-order valence-electron chi connectivity index (χ4n) is 2.95. The predicted octanol–water partition coefficient (Wildman–Crippen LogP) is 3.71. The number of hydrogen-bond acceptors (Lipinski definition) is 2. The Morgan fingerprint density at radius 1 is 1.37 bits per heavy atom. The highest BCUT2D eigenvalue weighted by molar-refractivity contribution is 6.17. The maximum absolute atomic E-state index is 6.07. The van der Waals surface area contributed by atoms with Crippen molar-refractivity contribution >= 4 is 11.6 Å². The van der Waals surface area contributed by atoms with Crippen molar-refractivity contribution in [2.45, 2.75) is 70.9 Å². The van der Waals surface area contributed by atoms with E-state index < -0.39 is 0 Å². The topological polar surface area (TPSA) is 27.1 Å². The van der Waals surface area contributed by atoms with E-state index in [1.807, 2.05) is 0 Å². The van der Waals surface area contributed by atoms with E-state index in [4.69, 9.17) is 21.4 Å². The molecule has 0 amide bonds. The van der Waals surface area contributed by atoms with E-state index in [1.54, 1.807) is 0 Å². The van der Waals surface area contributed by atoms with Crippen LogP contribution in [0.5, 0.6) is 0 Å². The average Bonchev–Trinajstić information content (AvgIpc) is 3.05. The van der Waals surface area contributed by atoms with Gasteiger partial charge >= 0.3 is 0 Å². The highest BCUT2D eigenvalue weighted by Gasteiger charge is 2.17.